The molecular formula is C17H13ClN2O2. The summed E-state index contributed by atoms with van der Waals surface area (Å²) in [5.41, 5.74) is 3.63. The van der Waals surface area contributed by atoms with E-state index in [-0.39, 0.29) is 12.5 Å². The van der Waals surface area contributed by atoms with Crippen molar-refractivity contribution in [3.8, 4) is 18.1 Å². The fraction of sp³-hybridized carbons (Fsp3) is 0.0588. The third-order valence-corrected chi connectivity index (χ3v) is 2.96. The van der Waals surface area contributed by atoms with Crippen LogP contribution in [-0.4, -0.2) is 18.7 Å². The van der Waals surface area contributed by atoms with Crippen LogP contribution in [0.1, 0.15) is 15.9 Å². The number of hydrogen-bond acceptors (Lipinski definition) is 3. The number of amides is 1. The molecular weight excluding hydrogens is 300 g/mol. The summed E-state index contributed by atoms with van der Waals surface area (Å²) in [6.45, 7) is 0.169. The van der Waals surface area contributed by atoms with Gasteiger partial charge in [-0.3, -0.25) is 4.79 Å². The number of para-hydroxylation sites is 1. The molecule has 0 aromatic heterocycles. The standard InChI is InChI=1S/C17H13ClN2O2/c1-2-11-22-16-6-4-3-5-14(16)12-19-20-17(21)13-7-9-15(18)10-8-13/h1,3-10,12H,11H2,(H,20,21)/b19-12-. The molecule has 0 spiro atoms. The molecule has 0 saturated heterocycles. The number of halogens is 1. The topological polar surface area (TPSA) is 50.7 Å². The number of rotatable bonds is 5. The smallest absolute Gasteiger partial charge is 0.271 e. The quantitative estimate of drug-likeness (QED) is 0.524. The van der Waals surface area contributed by atoms with Crippen molar-refractivity contribution in [2.45, 2.75) is 0 Å². The molecule has 0 unspecified atom stereocenters. The van der Waals surface area contributed by atoms with Crippen molar-refractivity contribution < 1.29 is 9.53 Å². The summed E-state index contributed by atoms with van der Waals surface area (Å²) in [4.78, 5) is 11.9. The predicted octanol–water partition coefficient (Wildman–Crippen LogP) is 3.12. The summed E-state index contributed by atoms with van der Waals surface area (Å²) in [5, 5.41) is 4.49. The van der Waals surface area contributed by atoms with Crippen molar-refractivity contribution in [2.24, 2.45) is 5.10 Å². The number of nitrogens with zero attached hydrogens (tertiary/aromatic N) is 1. The largest absolute Gasteiger partial charge is 0.480 e. The highest BCUT2D eigenvalue weighted by Gasteiger charge is 2.04. The van der Waals surface area contributed by atoms with Gasteiger partial charge >= 0.3 is 0 Å². The van der Waals surface area contributed by atoms with E-state index in [2.05, 4.69) is 16.4 Å². The molecule has 0 radical (unpaired) electrons. The summed E-state index contributed by atoms with van der Waals surface area (Å²) >= 11 is 5.77. The lowest BCUT2D eigenvalue weighted by molar-refractivity contribution is 0.0955. The maximum atomic E-state index is 11.9. The van der Waals surface area contributed by atoms with E-state index in [4.69, 9.17) is 22.8 Å². The number of benzene rings is 2. The van der Waals surface area contributed by atoms with Crippen LogP contribution in [0.5, 0.6) is 5.75 Å². The maximum Gasteiger partial charge on any atom is 0.271 e. The molecule has 1 amide bonds. The SMILES string of the molecule is C#CCOc1ccccc1/C=N\NC(=O)c1ccc(Cl)cc1. The minimum absolute atomic E-state index is 0.169. The van der Waals surface area contributed by atoms with Crippen molar-refractivity contribution in [2.75, 3.05) is 6.61 Å². The van der Waals surface area contributed by atoms with Gasteiger partial charge in [-0.1, -0.05) is 29.7 Å². The van der Waals surface area contributed by atoms with Crippen LogP contribution in [0.15, 0.2) is 53.6 Å². The fourth-order valence-corrected chi connectivity index (χ4v) is 1.79. The zero-order chi connectivity index (χ0) is 15.8. The van der Waals surface area contributed by atoms with Gasteiger partial charge in [-0.2, -0.15) is 5.10 Å². The average Bonchev–Trinajstić information content (AvgIpc) is 2.54. The molecule has 0 fully saturated rings. The Balaban J connectivity index is 2.02. The Morgan fingerprint density at radius 3 is 2.73 bits per heavy atom. The van der Waals surface area contributed by atoms with Crippen LogP contribution in [0.3, 0.4) is 0 Å². The van der Waals surface area contributed by atoms with Crippen LogP contribution in [0.25, 0.3) is 0 Å². The van der Waals surface area contributed by atoms with Gasteiger partial charge in [0.25, 0.3) is 5.91 Å². The Bertz CT molecular complexity index is 718. The van der Waals surface area contributed by atoms with Crippen molar-refractivity contribution in [3.05, 3.63) is 64.7 Å². The Morgan fingerprint density at radius 1 is 1.27 bits per heavy atom. The van der Waals surface area contributed by atoms with E-state index in [0.717, 1.165) is 0 Å². The van der Waals surface area contributed by atoms with E-state index in [1.165, 1.54) is 6.21 Å². The molecule has 0 atom stereocenters. The van der Waals surface area contributed by atoms with Crippen molar-refractivity contribution in [1.29, 1.82) is 0 Å². The van der Waals surface area contributed by atoms with Gasteiger partial charge in [-0.25, -0.2) is 5.43 Å². The van der Waals surface area contributed by atoms with Crippen molar-refractivity contribution in [1.82, 2.24) is 5.43 Å². The van der Waals surface area contributed by atoms with Gasteiger partial charge in [0.05, 0.1) is 6.21 Å². The molecule has 0 aliphatic rings. The van der Waals surface area contributed by atoms with Crippen LogP contribution in [-0.2, 0) is 0 Å². The fourth-order valence-electron chi connectivity index (χ4n) is 1.66. The molecule has 4 nitrogen and oxygen atoms in total. The summed E-state index contributed by atoms with van der Waals surface area (Å²) in [6.07, 6.45) is 6.67. The van der Waals surface area contributed by atoms with Crippen LogP contribution < -0.4 is 10.2 Å². The second-order valence-corrected chi connectivity index (χ2v) is 4.67. The lowest BCUT2D eigenvalue weighted by atomic mass is 10.2. The van der Waals surface area contributed by atoms with Crippen LogP contribution >= 0.6 is 11.6 Å². The van der Waals surface area contributed by atoms with Crippen LogP contribution in [0.4, 0.5) is 0 Å². The monoisotopic (exact) mass is 312 g/mol. The third-order valence-electron chi connectivity index (χ3n) is 2.71. The van der Waals surface area contributed by atoms with E-state index in [0.29, 0.717) is 21.9 Å². The average molecular weight is 313 g/mol. The van der Waals surface area contributed by atoms with Crippen LogP contribution in [0.2, 0.25) is 5.02 Å². The Labute approximate surface area is 133 Å². The number of carbonyl (C=O) groups excluding carboxylic acids is 1. The van der Waals surface area contributed by atoms with Gasteiger partial charge < -0.3 is 4.74 Å². The molecule has 110 valence electrons. The molecule has 2 rings (SSSR count). The van der Waals surface area contributed by atoms with Gasteiger partial charge in [-0.15, -0.1) is 6.42 Å². The Hall–Kier alpha value is -2.77. The molecule has 0 aliphatic heterocycles. The summed E-state index contributed by atoms with van der Waals surface area (Å²) in [6, 6.07) is 13.8. The number of hydrazone groups is 1. The highest BCUT2D eigenvalue weighted by molar-refractivity contribution is 6.30. The van der Waals surface area contributed by atoms with Gasteiger partial charge in [0.1, 0.15) is 12.4 Å². The summed E-state index contributed by atoms with van der Waals surface area (Å²) in [5.74, 6) is 2.67. The molecule has 0 saturated carbocycles. The normalized spacial score (nSPS) is 10.2. The highest BCUT2D eigenvalue weighted by atomic mass is 35.5. The number of hydrogen-bond donors (Lipinski definition) is 1. The maximum absolute atomic E-state index is 11.9. The molecule has 0 aliphatic carbocycles. The minimum Gasteiger partial charge on any atom is -0.480 e. The number of ether oxygens (including phenoxy) is 1. The van der Waals surface area contributed by atoms with E-state index < -0.39 is 0 Å². The van der Waals surface area contributed by atoms with E-state index in [9.17, 15) is 4.79 Å². The molecule has 5 heteroatoms. The second-order valence-electron chi connectivity index (χ2n) is 4.24. The first kappa shape index (κ1) is 15.6. The minimum atomic E-state index is -0.324. The van der Waals surface area contributed by atoms with Gasteiger partial charge in [0, 0.05) is 16.1 Å². The predicted molar refractivity (Wildman–Crippen MR) is 87.3 cm³/mol. The van der Waals surface area contributed by atoms with Gasteiger partial charge in [-0.05, 0) is 36.4 Å². The van der Waals surface area contributed by atoms with Crippen molar-refractivity contribution in [3.63, 3.8) is 0 Å². The first-order valence-corrected chi connectivity index (χ1v) is 6.83. The van der Waals surface area contributed by atoms with E-state index >= 15 is 0 Å². The zero-order valence-corrected chi connectivity index (χ0v) is 12.4. The molecule has 22 heavy (non-hydrogen) atoms. The molecule has 2 aromatic carbocycles. The lowest BCUT2D eigenvalue weighted by Gasteiger charge is -2.05. The third kappa shape index (κ3) is 4.37. The van der Waals surface area contributed by atoms with Gasteiger partial charge in [0.2, 0.25) is 0 Å². The van der Waals surface area contributed by atoms with E-state index in [1.807, 2.05) is 18.2 Å². The first-order chi connectivity index (χ1) is 10.7. The zero-order valence-electron chi connectivity index (χ0n) is 11.6. The molecule has 0 bridgehead atoms. The number of carbonyl (C=O) groups is 1. The highest BCUT2D eigenvalue weighted by Crippen LogP contribution is 2.15. The molecule has 0 heterocycles. The number of nitrogens with one attached hydrogen (secondary N) is 1. The Morgan fingerprint density at radius 2 is 2.00 bits per heavy atom. The molecule has 2 aromatic rings. The molecule has 1 N–H and O–H groups in total. The van der Waals surface area contributed by atoms with Crippen molar-refractivity contribution >= 4 is 23.7 Å². The van der Waals surface area contributed by atoms with Crippen LogP contribution in [0, 0.1) is 12.3 Å². The Kier molecular flexibility index (Phi) is 5.58. The van der Waals surface area contributed by atoms with Gasteiger partial charge in [0.15, 0.2) is 0 Å². The summed E-state index contributed by atoms with van der Waals surface area (Å²) < 4.78 is 5.39. The summed E-state index contributed by atoms with van der Waals surface area (Å²) in [7, 11) is 0. The van der Waals surface area contributed by atoms with E-state index in [1.54, 1.807) is 30.3 Å². The lowest BCUT2D eigenvalue weighted by Crippen LogP contribution is -2.17. The second kappa shape index (κ2) is 7.87. The number of terminal acetylenes is 1. The first-order valence-electron chi connectivity index (χ1n) is 6.45.